The number of benzene rings is 1. The zero-order chi connectivity index (χ0) is 10.7. The quantitative estimate of drug-likeness (QED) is 0.810. The predicted molar refractivity (Wildman–Crippen MR) is 56.7 cm³/mol. The van der Waals surface area contributed by atoms with Crippen LogP contribution in [-0.2, 0) is 0 Å². The van der Waals surface area contributed by atoms with Crippen LogP contribution in [0.1, 0.15) is 5.56 Å². The van der Waals surface area contributed by atoms with Crippen molar-refractivity contribution in [2.24, 2.45) is 5.73 Å². The van der Waals surface area contributed by atoms with Gasteiger partial charge in [-0.1, -0.05) is 0 Å². The third-order valence-electron chi connectivity index (χ3n) is 2.22. The van der Waals surface area contributed by atoms with Gasteiger partial charge in [0.15, 0.2) is 11.5 Å². The lowest BCUT2D eigenvalue weighted by molar-refractivity contribution is 0.170. The lowest BCUT2D eigenvalue weighted by Gasteiger charge is -2.20. The lowest BCUT2D eigenvalue weighted by atomic mass is 10.2. The van der Waals surface area contributed by atoms with E-state index in [-0.39, 0.29) is 0 Å². The fourth-order valence-corrected chi connectivity index (χ4v) is 1.50. The number of ether oxygens (including phenoxy) is 3. The Labute approximate surface area is 88.9 Å². The molecular formula is C11H15NO3. The molecule has 82 valence electrons. The molecular weight excluding hydrogens is 194 g/mol. The number of fused-ring (bicyclic) bond motifs is 1. The molecule has 1 aromatic carbocycles. The van der Waals surface area contributed by atoms with Crippen molar-refractivity contribution in [1.82, 2.24) is 0 Å². The molecule has 1 heterocycles. The SMILES string of the molecule is Cc1cc2c(cc1OCCN)OCCO2. The molecule has 0 amide bonds. The van der Waals surface area contributed by atoms with Crippen LogP contribution in [0.5, 0.6) is 17.2 Å². The van der Waals surface area contributed by atoms with Gasteiger partial charge in [0.2, 0.25) is 0 Å². The summed E-state index contributed by atoms with van der Waals surface area (Å²) in [5.74, 6) is 2.35. The first kappa shape index (κ1) is 10.1. The Morgan fingerprint density at radius 2 is 1.93 bits per heavy atom. The summed E-state index contributed by atoms with van der Waals surface area (Å²) < 4.78 is 16.4. The van der Waals surface area contributed by atoms with Gasteiger partial charge in [-0.2, -0.15) is 0 Å². The topological polar surface area (TPSA) is 53.7 Å². The molecule has 0 saturated heterocycles. The van der Waals surface area contributed by atoms with Crippen LogP contribution in [0.15, 0.2) is 12.1 Å². The van der Waals surface area contributed by atoms with E-state index in [9.17, 15) is 0 Å². The molecule has 0 unspecified atom stereocenters. The molecule has 4 nitrogen and oxygen atoms in total. The molecule has 15 heavy (non-hydrogen) atoms. The molecule has 1 aromatic rings. The molecule has 1 aliphatic rings. The van der Waals surface area contributed by atoms with Crippen LogP contribution in [0.4, 0.5) is 0 Å². The molecule has 0 fully saturated rings. The maximum Gasteiger partial charge on any atom is 0.165 e. The fraction of sp³-hybridized carbons (Fsp3) is 0.455. The van der Waals surface area contributed by atoms with E-state index in [1.807, 2.05) is 19.1 Å². The lowest BCUT2D eigenvalue weighted by Crippen LogP contribution is -2.16. The average molecular weight is 209 g/mol. The second-order valence-electron chi connectivity index (χ2n) is 3.40. The Balaban J connectivity index is 2.24. The van der Waals surface area contributed by atoms with Gasteiger partial charge in [0, 0.05) is 12.6 Å². The summed E-state index contributed by atoms with van der Waals surface area (Å²) in [6, 6.07) is 3.79. The van der Waals surface area contributed by atoms with E-state index < -0.39 is 0 Å². The van der Waals surface area contributed by atoms with Gasteiger partial charge in [0.05, 0.1) is 0 Å². The molecule has 1 aliphatic heterocycles. The molecule has 0 saturated carbocycles. The number of hydrogen-bond acceptors (Lipinski definition) is 4. The van der Waals surface area contributed by atoms with Gasteiger partial charge in [-0.25, -0.2) is 0 Å². The van der Waals surface area contributed by atoms with Gasteiger partial charge in [0.1, 0.15) is 25.6 Å². The van der Waals surface area contributed by atoms with Crippen LogP contribution in [0.25, 0.3) is 0 Å². The van der Waals surface area contributed by atoms with E-state index in [0.717, 1.165) is 22.8 Å². The van der Waals surface area contributed by atoms with Crippen LogP contribution < -0.4 is 19.9 Å². The molecule has 0 aliphatic carbocycles. The van der Waals surface area contributed by atoms with E-state index in [1.54, 1.807) is 0 Å². The van der Waals surface area contributed by atoms with Crippen LogP contribution >= 0.6 is 0 Å². The number of aryl methyl sites for hydroxylation is 1. The van der Waals surface area contributed by atoms with Crippen molar-refractivity contribution in [3.63, 3.8) is 0 Å². The Kier molecular flexibility index (Phi) is 2.97. The minimum absolute atomic E-state index is 0.508. The molecule has 2 rings (SSSR count). The average Bonchev–Trinajstić information content (AvgIpc) is 2.26. The minimum atomic E-state index is 0.508. The highest BCUT2D eigenvalue weighted by atomic mass is 16.6. The maximum atomic E-state index is 5.49. The first-order chi connectivity index (χ1) is 7.31. The minimum Gasteiger partial charge on any atom is -0.492 e. The highest BCUT2D eigenvalue weighted by Crippen LogP contribution is 2.36. The monoisotopic (exact) mass is 209 g/mol. The fourth-order valence-electron chi connectivity index (χ4n) is 1.50. The van der Waals surface area contributed by atoms with Crippen molar-refractivity contribution in [3.05, 3.63) is 17.7 Å². The van der Waals surface area contributed by atoms with Crippen LogP contribution in [-0.4, -0.2) is 26.4 Å². The number of nitrogens with two attached hydrogens (primary N) is 1. The van der Waals surface area contributed by atoms with Gasteiger partial charge in [-0.3, -0.25) is 0 Å². The van der Waals surface area contributed by atoms with Crippen LogP contribution in [0, 0.1) is 6.92 Å². The summed E-state index contributed by atoms with van der Waals surface area (Å²) in [5.41, 5.74) is 6.42. The molecule has 4 heteroatoms. The largest absolute Gasteiger partial charge is 0.492 e. The summed E-state index contributed by atoms with van der Waals surface area (Å²) >= 11 is 0. The van der Waals surface area contributed by atoms with Crippen molar-refractivity contribution in [2.75, 3.05) is 26.4 Å². The molecule has 0 spiro atoms. The van der Waals surface area contributed by atoms with Gasteiger partial charge in [-0.05, 0) is 18.6 Å². The summed E-state index contributed by atoms with van der Waals surface area (Å²) in [6.07, 6.45) is 0. The van der Waals surface area contributed by atoms with E-state index in [1.165, 1.54) is 0 Å². The third-order valence-corrected chi connectivity index (χ3v) is 2.22. The molecule has 0 aromatic heterocycles. The van der Waals surface area contributed by atoms with Gasteiger partial charge in [0.25, 0.3) is 0 Å². The highest BCUT2D eigenvalue weighted by molar-refractivity contribution is 5.50. The third kappa shape index (κ3) is 2.15. The first-order valence-electron chi connectivity index (χ1n) is 5.04. The maximum absolute atomic E-state index is 5.49. The zero-order valence-electron chi connectivity index (χ0n) is 8.79. The van der Waals surface area contributed by atoms with Gasteiger partial charge >= 0.3 is 0 Å². The highest BCUT2D eigenvalue weighted by Gasteiger charge is 2.14. The summed E-state index contributed by atoms with van der Waals surface area (Å²) in [4.78, 5) is 0. The molecule has 0 atom stereocenters. The van der Waals surface area contributed by atoms with Crippen molar-refractivity contribution in [3.8, 4) is 17.2 Å². The van der Waals surface area contributed by atoms with Crippen molar-refractivity contribution in [1.29, 1.82) is 0 Å². The van der Waals surface area contributed by atoms with E-state index >= 15 is 0 Å². The normalized spacial score (nSPS) is 13.7. The molecule has 2 N–H and O–H groups in total. The predicted octanol–water partition coefficient (Wildman–Crippen LogP) is 1.10. The van der Waals surface area contributed by atoms with Crippen molar-refractivity contribution >= 4 is 0 Å². The Bertz CT molecular complexity index is 352. The molecule has 0 bridgehead atoms. The second-order valence-corrected chi connectivity index (χ2v) is 3.40. The van der Waals surface area contributed by atoms with Crippen molar-refractivity contribution < 1.29 is 14.2 Å². The van der Waals surface area contributed by atoms with E-state index in [4.69, 9.17) is 19.9 Å². The van der Waals surface area contributed by atoms with E-state index in [2.05, 4.69) is 0 Å². The Morgan fingerprint density at radius 1 is 1.27 bits per heavy atom. The molecule has 0 radical (unpaired) electrons. The number of hydrogen-bond donors (Lipinski definition) is 1. The van der Waals surface area contributed by atoms with Gasteiger partial charge < -0.3 is 19.9 Å². The van der Waals surface area contributed by atoms with E-state index in [0.29, 0.717) is 26.4 Å². The zero-order valence-corrected chi connectivity index (χ0v) is 8.79. The smallest absolute Gasteiger partial charge is 0.165 e. The number of rotatable bonds is 3. The summed E-state index contributed by atoms with van der Waals surface area (Å²) in [5, 5.41) is 0. The van der Waals surface area contributed by atoms with Crippen LogP contribution in [0.3, 0.4) is 0 Å². The first-order valence-corrected chi connectivity index (χ1v) is 5.04. The second kappa shape index (κ2) is 4.40. The standard InChI is InChI=1S/C11H15NO3/c1-8-6-10-11(15-5-4-14-10)7-9(8)13-3-2-12/h6-7H,2-5,12H2,1H3. The summed E-state index contributed by atoms with van der Waals surface area (Å²) in [6.45, 7) is 4.19. The van der Waals surface area contributed by atoms with Gasteiger partial charge in [-0.15, -0.1) is 0 Å². The Morgan fingerprint density at radius 3 is 2.60 bits per heavy atom. The van der Waals surface area contributed by atoms with Crippen molar-refractivity contribution in [2.45, 2.75) is 6.92 Å². The van der Waals surface area contributed by atoms with Crippen LogP contribution in [0.2, 0.25) is 0 Å². The Hall–Kier alpha value is -1.42. The summed E-state index contributed by atoms with van der Waals surface area (Å²) in [7, 11) is 0.